The van der Waals surface area contributed by atoms with Crippen molar-refractivity contribution in [2.75, 3.05) is 0 Å². The molecule has 0 aliphatic heterocycles. The first-order chi connectivity index (χ1) is 5.22. The molecule has 1 aliphatic carbocycles. The summed E-state index contributed by atoms with van der Waals surface area (Å²) in [6.07, 6.45) is 4.13. The average molecular weight is 173 g/mol. The molecule has 3 heteroatoms. The number of carbonyl (C=O) groups excluding carboxylic acids is 1. The van der Waals surface area contributed by atoms with Gasteiger partial charge in [0.1, 0.15) is 0 Å². The van der Waals surface area contributed by atoms with Crippen LogP contribution in [-0.2, 0) is 4.79 Å². The number of hydrogen-bond acceptors (Lipinski definition) is 1. The second kappa shape index (κ2) is 4.06. The highest BCUT2D eigenvalue weighted by atomic mass is 31.0. The predicted molar refractivity (Wildman–Crippen MR) is 49.6 cm³/mol. The summed E-state index contributed by atoms with van der Waals surface area (Å²) in [7, 11) is 2.82. The predicted octanol–water partition coefficient (Wildman–Crippen LogP) is 1.31. The van der Waals surface area contributed by atoms with Crippen LogP contribution in [0.2, 0.25) is 0 Å². The van der Waals surface area contributed by atoms with Crippen molar-refractivity contribution in [2.45, 2.75) is 44.3 Å². The molecule has 1 fully saturated rings. The Labute approximate surface area is 70.3 Å². The van der Waals surface area contributed by atoms with Crippen LogP contribution in [0.3, 0.4) is 0 Å². The fourth-order valence-electron chi connectivity index (χ4n) is 1.48. The lowest BCUT2D eigenvalue weighted by molar-refractivity contribution is -0.121. The van der Waals surface area contributed by atoms with Gasteiger partial charge in [-0.05, 0) is 24.9 Å². The molecule has 2 nitrogen and oxygen atoms in total. The van der Waals surface area contributed by atoms with Crippen LogP contribution in [0, 0.1) is 0 Å². The molecule has 0 spiro atoms. The van der Waals surface area contributed by atoms with Gasteiger partial charge >= 0.3 is 0 Å². The van der Waals surface area contributed by atoms with Gasteiger partial charge in [0, 0.05) is 12.5 Å². The molecule has 1 rings (SSSR count). The lowest BCUT2D eigenvalue weighted by Crippen LogP contribution is -2.32. The van der Waals surface area contributed by atoms with Gasteiger partial charge in [0.25, 0.3) is 0 Å². The van der Waals surface area contributed by atoms with Gasteiger partial charge in [-0.15, -0.1) is 9.24 Å². The van der Waals surface area contributed by atoms with Gasteiger partial charge in [0.15, 0.2) is 0 Å². The number of nitrogens with one attached hydrogen (secondary N) is 1. The third-order valence-corrected chi connectivity index (χ3v) is 2.76. The van der Waals surface area contributed by atoms with Crippen LogP contribution in [0.5, 0.6) is 0 Å². The van der Waals surface area contributed by atoms with E-state index in [1.54, 1.807) is 0 Å². The summed E-state index contributed by atoms with van der Waals surface area (Å²) in [6, 6.07) is 0.449. The molecule has 0 radical (unpaired) electrons. The van der Waals surface area contributed by atoms with Crippen molar-refractivity contribution in [3.8, 4) is 0 Å². The Morgan fingerprint density at radius 1 is 1.64 bits per heavy atom. The van der Waals surface area contributed by atoms with Crippen molar-refractivity contribution in [3.63, 3.8) is 0 Å². The zero-order valence-electron chi connectivity index (χ0n) is 6.97. The Hall–Kier alpha value is -0.100. The molecule has 0 heterocycles. The molecule has 0 bridgehead atoms. The second-order valence-electron chi connectivity index (χ2n) is 3.19. The minimum Gasteiger partial charge on any atom is -0.353 e. The molecule has 64 valence electrons. The van der Waals surface area contributed by atoms with Gasteiger partial charge in [-0.2, -0.15) is 0 Å². The summed E-state index contributed by atoms with van der Waals surface area (Å²) in [4.78, 5) is 11.0. The van der Waals surface area contributed by atoms with Crippen LogP contribution in [0.1, 0.15) is 32.6 Å². The summed E-state index contributed by atoms with van der Waals surface area (Å²) < 4.78 is 0. The van der Waals surface area contributed by atoms with Gasteiger partial charge in [0.05, 0.1) is 0 Å². The molecule has 0 aromatic rings. The monoisotopic (exact) mass is 173 g/mol. The summed E-state index contributed by atoms with van der Waals surface area (Å²) in [6.45, 7) is 1.89. The second-order valence-corrected chi connectivity index (χ2v) is 4.13. The minimum atomic E-state index is 0.189. The van der Waals surface area contributed by atoms with Gasteiger partial charge in [-0.3, -0.25) is 4.79 Å². The lowest BCUT2D eigenvalue weighted by Gasteiger charge is -2.10. The molecule has 3 unspecified atom stereocenters. The summed E-state index contributed by atoms with van der Waals surface area (Å²) in [5.41, 5.74) is 0.720. The Morgan fingerprint density at radius 3 is 2.82 bits per heavy atom. The van der Waals surface area contributed by atoms with E-state index in [4.69, 9.17) is 0 Å². The molecule has 0 aromatic heterocycles. The summed E-state index contributed by atoms with van der Waals surface area (Å²) >= 11 is 0. The molecular formula is C8H16NOP. The van der Waals surface area contributed by atoms with Crippen molar-refractivity contribution in [1.29, 1.82) is 0 Å². The Bertz CT molecular complexity index is 149. The van der Waals surface area contributed by atoms with Crippen LogP contribution >= 0.6 is 9.24 Å². The van der Waals surface area contributed by atoms with Crippen molar-refractivity contribution >= 4 is 15.1 Å². The molecule has 0 saturated heterocycles. The molecule has 0 aromatic carbocycles. The zero-order chi connectivity index (χ0) is 8.27. The topological polar surface area (TPSA) is 29.1 Å². The lowest BCUT2D eigenvalue weighted by atomic mass is 10.2. The van der Waals surface area contributed by atoms with Crippen LogP contribution in [0.15, 0.2) is 0 Å². The van der Waals surface area contributed by atoms with Crippen LogP contribution in [-0.4, -0.2) is 17.6 Å². The minimum absolute atomic E-state index is 0.189. The van der Waals surface area contributed by atoms with Crippen molar-refractivity contribution < 1.29 is 4.79 Å². The molecule has 1 amide bonds. The molecule has 1 saturated carbocycles. The van der Waals surface area contributed by atoms with Crippen LogP contribution < -0.4 is 5.32 Å². The number of rotatable bonds is 2. The molecule has 1 aliphatic rings. The van der Waals surface area contributed by atoms with Crippen molar-refractivity contribution in [1.82, 2.24) is 5.32 Å². The van der Waals surface area contributed by atoms with E-state index in [-0.39, 0.29) is 5.91 Å². The SMILES string of the molecule is CCC(=O)NC1CCC(P)C1. The van der Waals surface area contributed by atoms with Gasteiger partial charge in [0.2, 0.25) is 5.91 Å². The number of amides is 1. The van der Waals surface area contributed by atoms with E-state index in [9.17, 15) is 4.79 Å². The Morgan fingerprint density at radius 2 is 2.36 bits per heavy atom. The van der Waals surface area contributed by atoms with E-state index in [0.717, 1.165) is 18.5 Å². The maximum absolute atomic E-state index is 11.0. The van der Waals surface area contributed by atoms with Gasteiger partial charge in [-0.25, -0.2) is 0 Å². The van der Waals surface area contributed by atoms with E-state index in [0.29, 0.717) is 12.5 Å². The van der Waals surface area contributed by atoms with Crippen LogP contribution in [0.4, 0.5) is 0 Å². The molecular weight excluding hydrogens is 157 g/mol. The highest BCUT2D eigenvalue weighted by molar-refractivity contribution is 7.17. The molecule has 3 atom stereocenters. The standard InChI is InChI=1S/C8H16NOP/c1-2-8(10)9-6-3-4-7(11)5-6/h6-7H,2-5,11H2,1H3,(H,9,10). The van der Waals surface area contributed by atoms with E-state index in [2.05, 4.69) is 14.6 Å². The van der Waals surface area contributed by atoms with E-state index < -0.39 is 0 Å². The highest BCUT2D eigenvalue weighted by Crippen LogP contribution is 2.25. The van der Waals surface area contributed by atoms with E-state index >= 15 is 0 Å². The fraction of sp³-hybridized carbons (Fsp3) is 0.875. The van der Waals surface area contributed by atoms with Crippen LogP contribution in [0.25, 0.3) is 0 Å². The first kappa shape index (κ1) is 8.99. The molecule has 11 heavy (non-hydrogen) atoms. The normalized spacial score (nSPS) is 30.4. The third kappa shape index (κ3) is 2.78. The maximum atomic E-state index is 11.0. The van der Waals surface area contributed by atoms with Gasteiger partial charge in [-0.1, -0.05) is 6.92 Å². The Kier molecular flexibility index (Phi) is 3.32. The number of carbonyl (C=O) groups is 1. The molecule has 1 N–H and O–H groups in total. The Balaban J connectivity index is 2.23. The first-order valence-electron chi connectivity index (χ1n) is 4.27. The summed E-state index contributed by atoms with van der Waals surface area (Å²) in [5.74, 6) is 0.189. The maximum Gasteiger partial charge on any atom is 0.219 e. The largest absolute Gasteiger partial charge is 0.353 e. The third-order valence-electron chi connectivity index (χ3n) is 2.16. The van der Waals surface area contributed by atoms with Crippen molar-refractivity contribution in [3.05, 3.63) is 0 Å². The smallest absolute Gasteiger partial charge is 0.219 e. The van der Waals surface area contributed by atoms with E-state index in [1.807, 2.05) is 6.92 Å². The quantitative estimate of drug-likeness (QED) is 0.627. The summed E-state index contributed by atoms with van der Waals surface area (Å²) in [5, 5.41) is 3.01. The fourth-order valence-corrected chi connectivity index (χ4v) is 2.00. The van der Waals surface area contributed by atoms with E-state index in [1.165, 1.54) is 6.42 Å². The van der Waals surface area contributed by atoms with Crippen molar-refractivity contribution in [2.24, 2.45) is 0 Å². The number of hydrogen-bond donors (Lipinski definition) is 1. The first-order valence-corrected chi connectivity index (χ1v) is 4.94. The zero-order valence-corrected chi connectivity index (χ0v) is 8.12. The average Bonchev–Trinajstić information content (AvgIpc) is 2.35. The van der Waals surface area contributed by atoms with Gasteiger partial charge < -0.3 is 5.32 Å². The highest BCUT2D eigenvalue weighted by Gasteiger charge is 2.21.